The van der Waals surface area contributed by atoms with Gasteiger partial charge in [-0.3, -0.25) is 4.79 Å². The Morgan fingerprint density at radius 3 is 2.39 bits per heavy atom. The molecular formula is C38H43F3N4O4. The first kappa shape index (κ1) is 35.7. The van der Waals surface area contributed by atoms with E-state index in [9.17, 15) is 18.0 Å². The molecule has 1 aromatic heterocycles. The Bertz CT molecular complexity index is 1740. The minimum absolute atomic E-state index is 0.00585. The summed E-state index contributed by atoms with van der Waals surface area (Å²) in [4.78, 5) is 24.5. The van der Waals surface area contributed by atoms with E-state index < -0.39 is 17.7 Å². The average Bonchev–Trinajstić information content (AvgIpc) is 3.06. The number of carboxylic acids is 1. The minimum Gasteiger partial charge on any atom is -0.494 e. The number of alkyl halides is 3. The Labute approximate surface area is 285 Å². The third kappa shape index (κ3) is 9.50. The number of aromatic nitrogens is 2. The van der Waals surface area contributed by atoms with Crippen LogP contribution in [0.15, 0.2) is 67.0 Å². The van der Waals surface area contributed by atoms with Crippen LogP contribution in [0.1, 0.15) is 66.0 Å². The summed E-state index contributed by atoms with van der Waals surface area (Å²) < 4.78 is 53.0. The normalized spacial score (nSPS) is 13.5. The fourth-order valence-electron chi connectivity index (χ4n) is 5.96. The zero-order valence-corrected chi connectivity index (χ0v) is 28.4. The number of hydrogen-bond donors (Lipinski definition) is 1. The number of benzene rings is 3. The van der Waals surface area contributed by atoms with Crippen molar-refractivity contribution >= 4 is 17.6 Å². The van der Waals surface area contributed by atoms with Crippen LogP contribution in [0.5, 0.6) is 5.75 Å². The Morgan fingerprint density at radius 1 is 0.980 bits per heavy atom. The zero-order chi connectivity index (χ0) is 35.1. The molecule has 5 rings (SSSR count). The summed E-state index contributed by atoms with van der Waals surface area (Å²) in [6.07, 6.45) is -0.644. The van der Waals surface area contributed by atoms with Gasteiger partial charge in [0.05, 0.1) is 43.5 Å². The Balaban J connectivity index is 1.57. The van der Waals surface area contributed by atoms with Crippen LogP contribution in [-0.4, -0.2) is 54.0 Å². The number of ether oxygens (including phenoxy) is 2. The van der Waals surface area contributed by atoms with Crippen LogP contribution < -0.4 is 14.5 Å². The number of rotatable bonds is 13. The maximum atomic E-state index is 13.9. The molecule has 3 aromatic carbocycles. The molecule has 2 heterocycles. The third-order valence-electron chi connectivity index (χ3n) is 8.58. The lowest BCUT2D eigenvalue weighted by molar-refractivity contribution is -0.138. The maximum Gasteiger partial charge on any atom is 0.416 e. The highest BCUT2D eigenvalue weighted by atomic mass is 19.4. The molecular weight excluding hydrogens is 633 g/mol. The number of anilines is 2. The molecule has 1 aliphatic heterocycles. The molecule has 0 saturated carbocycles. The van der Waals surface area contributed by atoms with Crippen LogP contribution in [0.3, 0.4) is 0 Å². The lowest BCUT2D eigenvalue weighted by atomic mass is 9.91. The maximum absolute atomic E-state index is 13.9. The minimum atomic E-state index is -4.49. The molecule has 0 amide bonds. The molecule has 0 radical (unpaired) electrons. The second-order valence-electron chi connectivity index (χ2n) is 12.8. The molecule has 0 atom stereocenters. The van der Waals surface area contributed by atoms with E-state index >= 15 is 0 Å². The quantitative estimate of drug-likeness (QED) is 0.142. The van der Waals surface area contributed by atoms with E-state index in [4.69, 9.17) is 24.5 Å². The molecule has 8 nitrogen and oxygen atoms in total. The number of carbonyl (C=O) groups is 1. The molecule has 0 unspecified atom stereocenters. The molecule has 11 heteroatoms. The van der Waals surface area contributed by atoms with Crippen molar-refractivity contribution in [1.82, 2.24) is 9.97 Å². The van der Waals surface area contributed by atoms with Gasteiger partial charge < -0.3 is 24.4 Å². The van der Waals surface area contributed by atoms with Gasteiger partial charge in [0, 0.05) is 32.6 Å². The van der Waals surface area contributed by atoms with Crippen molar-refractivity contribution in [1.29, 1.82) is 0 Å². The van der Waals surface area contributed by atoms with Gasteiger partial charge in [-0.2, -0.15) is 13.2 Å². The van der Waals surface area contributed by atoms with Gasteiger partial charge in [0.25, 0.3) is 0 Å². The fourth-order valence-corrected chi connectivity index (χ4v) is 5.96. The van der Waals surface area contributed by atoms with Crippen LogP contribution in [0.2, 0.25) is 0 Å². The highest BCUT2D eigenvalue weighted by Crippen LogP contribution is 2.35. The summed E-state index contributed by atoms with van der Waals surface area (Å²) in [7, 11) is 0. The topological polar surface area (TPSA) is 88.0 Å². The van der Waals surface area contributed by atoms with E-state index in [1.807, 2.05) is 23.1 Å². The van der Waals surface area contributed by atoms with Crippen LogP contribution in [0, 0.1) is 13.8 Å². The van der Waals surface area contributed by atoms with Crippen molar-refractivity contribution in [2.24, 2.45) is 0 Å². The second kappa shape index (κ2) is 15.7. The summed E-state index contributed by atoms with van der Waals surface area (Å²) in [6.45, 7) is 11.2. The summed E-state index contributed by atoms with van der Waals surface area (Å²) in [5.41, 5.74) is 6.24. The van der Waals surface area contributed by atoms with E-state index in [-0.39, 0.29) is 26.1 Å². The van der Waals surface area contributed by atoms with Crippen molar-refractivity contribution in [3.63, 3.8) is 0 Å². The van der Waals surface area contributed by atoms with Crippen molar-refractivity contribution in [3.05, 3.63) is 100 Å². The predicted octanol–water partition coefficient (Wildman–Crippen LogP) is 8.19. The number of aliphatic carboxylic acids is 1. The molecule has 1 N–H and O–H groups in total. The average molecular weight is 677 g/mol. The second-order valence-corrected chi connectivity index (χ2v) is 12.8. The van der Waals surface area contributed by atoms with E-state index in [0.717, 1.165) is 34.0 Å². The van der Waals surface area contributed by atoms with Gasteiger partial charge in [-0.05, 0) is 83.8 Å². The van der Waals surface area contributed by atoms with Crippen LogP contribution in [-0.2, 0) is 28.8 Å². The first-order chi connectivity index (χ1) is 23.4. The molecule has 1 saturated heterocycles. The molecule has 1 fully saturated rings. The number of halogens is 3. The number of morpholine rings is 1. The van der Waals surface area contributed by atoms with Crippen LogP contribution in [0.4, 0.5) is 24.8 Å². The molecule has 0 aliphatic carbocycles. The summed E-state index contributed by atoms with van der Waals surface area (Å²) in [6, 6.07) is 16.3. The number of hydrogen-bond acceptors (Lipinski definition) is 7. The molecule has 0 spiro atoms. The van der Waals surface area contributed by atoms with Crippen LogP contribution >= 0.6 is 0 Å². The summed E-state index contributed by atoms with van der Waals surface area (Å²) in [5.74, 6) is 0.359. The predicted molar refractivity (Wildman–Crippen MR) is 184 cm³/mol. The Kier molecular flexibility index (Phi) is 11.4. The van der Waals surface area contributed by atoms with Crippen molar-refractivity contribution in [3.8, 4) is 16.9 Å². The molecule has 0 bridgehead atoms. The number of nitrogens with zero attached hydrogens (tertiary/aromatic N) is 4. The Hall–Kier alpha value is -4.64. The summed E-state index contributed by atoms with van der Waals surface area (Å²) in [5, 5.41) is 9.06. The van der Waals surface area contributed by atoms with Gasteiger partial charge in [0.15, 0.2) is 0 Å². The van der Waals surface area contributed by atoms with E-state index in [1.54, 1.807) is 25.4 Å². The third-order valence-corrected chi connectivity index (χ3v) is 8.58. The summed E-state index contributed by atoms with van der Waals surface area (Å²) >= 11 is 0. The standard InChI is InChI=1S/C38H43F3N4O4/c1-25(2)29-8-7-27(4)35(20-29)34-10-9-33(49-13-5-6-36(46)47)19-30(34)24-45(23-28-16-26(3)17-31(18-28)38(39,40)41)37-42-21-32(22-43-37)44-11-14-48-15-12-44/h7-10,16-22,25H,5-6,11-15,23-24H2,1-4H3,(H,46,47). The first-order valence-electron chi connectivity index (χ1n) is 16.5. The van der Waals surface area contributed by atoms with Gasteiger partial charge in [-0.1, -0.05) is 49.7 Å². The van der Waals surface area contributed by atoms with Gasteiger partial charge in [-0.15, -0.1) is 0 Å². The molecule has 4 aromatic rings. The highest BCUT2D eigenvalue weighted by molar-refractivity contribution is 5.73. The number of carboxylic acid groups (broad SMARTS) is 1. The number of aryl methyl sites for hydroxylation is 2. The highest BCUT2D eigenvalue weighted by Gasteiger charge is 2.31. The monoisotopic (exact) mass is 676 g/mol. The molecule has 1 aliphatic rings. The van der Waals surface area contributed by atoms with Gasteiger partial charge in [-0.25, -0.2) is 9.97 Å². The smallest absolute Gasteiger partial charge is 0.416 e. The lowest BCUT2D eigenvalue weighted by Gasteiger charge is -2.29. The van der Waals surface area contributed by atoms with E-state index in [0.29, 0.717) is 61.5 Å². The SMILES string of the molecule is Cc1cc(CN(Cc2cc(OCCCC(=O)O)ccc2-c2cc(C(C)C)ccc2C)c2ncc(N3CCOCC3)cn2)cc(C(F)(F)F)c1. The van der Waals surface area contributed by atoms with Crippen molar-refractivity contribution < 1.29 is 32.5 Å². The lowest BCUT2D eigenvalue weighted by Crippen LogP contribution is -2.36. The zero-order valence-electron chi connectivity index (χ0n) is 28.4. The first-order valence-corrected chi connectivity index (χ1v) is 16.5. The van der Waals surface area contributed by atoms with E-state index in [2.05, 4.69) is 43.9 Å². The molecule has 49 heavy (non-hydrogen) atoms. The molecule has 260 valence electrons. The van der Waals surface area contributed by atoms with Gasteiger partial charge in [0.2, 0.25) is 5.95 Å². The van der Waals surface area contributed by atoms with Crippen LogP contribution in [0.25, 0.3) is 11.1 Å². The van der Waals surface area contributed by atoms with Gasteiger partial charge in [0.1, 0.15) is 5.75 Å². The fraction of sp³-hybridized carbons (Fsp3) is 0.395. The van der Waals surface area contributed by atoms with Crippen molar-refractivity contribution in [2.75, 3.05) is 42.7 Å². The van der Waals surface area contributed by atoms with E-state index in [1.165, 1.54) is 11.6 Å². The largest absolute Gasteiger partial charge is 0.494 e. The van der Waals surface area contributed by atoms with Crippen molar-refractivity contribution in [2.45, 2.75) is 65.7 Å². The van der Waals surface area contributed by atoms with Gasteiger partial charge >= 0.3 is 12.1 Å². The Morgan fingerprint density at radius 2 is 1.71 bits per heavy atom.